The molecule has 6 nitrogen and oxygen atoms in total. The van der Waals surface area contributed by atoms with E-state index in [0.29, 0.717) is 16.5 Å². The molecule has 0 saturated heterocycles. The molecule has 0 unspecified atom stereocenters. The van der Waals surface area contributed by atoms with Crippen LogP contribution in [0.5, 0.6) is 0 Å². The maximum absolute atomic E-state index is 12.7. The third-order valence-electron chi connectivity index (χ3n) is 4.62. The van der Waals surface area contributed by atoms with E-state index in [9.17, 15) is 19.5 Å². The van der Waals surface area contributed by atoms with Gasteiger partial charge in [0, 0.05) is 4.88 Å². The van der Waals surface area contributed by atoms with E-state index in [1.54, 1.807) is 19.1 Å². The average Bonchev–Trinajstić information content (AvgIpc) is 2.98. The summed E-state index contributed by atoms with van der Waals surface area (Å²) in [6, 6.07) is 6.01. The first kappa shape index (κ1) is 19.1. The number of hydrogen-bond donors (Lipinski definition) is 2. The highest BCUT2D eigenvalue weighted by molar-refractivity contribution is 7.17. The minimum absolute atomic E-state index is 0.0551. The number of aromatic carboxylic acids is 1. The standard InChI is InChI=1S/C20H21NO5S/c1-3-26-20(25)16-14-9-8-11(2)10-15(14)27-18(16)21-17(22)12-6-4-5-7-13(12)19(23)24/h4-7,11H,3,8-10H2,1-2H3,(H,21,22)(H,23,24)/t11-/m0/s1. The van der Waals surface area contributed by atoms with Crippen LogP contribution in [0.2, 0.25) is 0 Å². The number of carbonyl (C=O) groups is 3. The van der Waals surface area contributed by atoms with Gasteiger partial charge in [-0.15, -0.1) is 11.3 Å². The number of fused-ring (bicyclic) bond motifs is 1. The Morgan fingerprint density at radius 1 is 1.26 bits per heavy atom. The van der Waals surface area contributed by atoms with Crippen molar-refractivity contribution in [2.24, 2.45) is 5.92 Å². The zero-order valence-electron chi connectivity index (χ0n) is 15.2. The van der Waals surface area contributed by atoms with Gasteiger partial charge in [0.2, 0.25) is 0 Å². The summed E-state index contributed by atoms with van der Waals surface area (Å²) in [5.41, 5.74) is 1.32. The maximum Gasteiger partial charge on any atom is 0.341 e. The molecule has 1 aromatic carbocycles. The predicted molar refractivity (Wildman–Crippen MR) is 103 cm³/mol. The molecule has 2 aromatic rings. The number of benzene rings is 1. The Labute approximate surface area is 161 Å². The van der Waals surface area contributed by atoms with Gasteiger partial charge in [0.15, 0.2) is 0 Å². The number of anilines is 1. The third-order valence-corrected chi connectivity index (χ3v) is 5.79. The van der Waals surface area contributed by atoms with Crippen molar-refractivity contribution in [2.75, 3.05) is 11.9 Å². The second-order valence-electron chi connectivity index (χ2n) is 6.58. The quantitative estimate of drug-likeness (QED) is 0.757. The highest BCUT2D eigenvalue weighted by Crippen LogP contribution is 2.40. The molecule has 0 spiro atoms. The number of carbonyl (C=O) groups excluding carboxylic acids is 2. The Morgan fingerprint density at radius 2 is 1.96 bits per heavy atom. The molecule has 0 saturated carbocycles. The maximum atomic E-state index is 12.7. The minimum atomic E-state index is -1.18. The number of hydrogen-bond acceptors (Lipinski definition) is 5. The molecule has 1 heterocycles. The monoisotopic (exact) mass is 387 g/mol. The van der Waals surface area contributed by atoms with Crippen LogP contribution in [0, 0.1) is 5.92 Å². The second-order valence-corrected chi connectivity index (χ2v) is 7.69. The lowest BCUT2D eigenvalue weighted by atomic mass is 9.88. The molecule has 1 atom stereocenters. The summed E-state index contributed by atoms with van der Waals surface area (Å²) >= 11 is 1.38. The first-order valence-corrected chi connectivity index (χ1v) is 9.69. The van der Waals surface area contributed by atoms with Crippen molar-refractivity contribution in [1.82, 2.24) is 0 Å². The first-order chi connectivity index (χ1) is 12.9. The third kappa shape index (κ3) is 3.88. The van der Waals surface area contributed by atoms with Crippen molar-refractivity contribution in [1.29, 1.82) is 0 Å². The molecule has 142 valence electrons. The number of thiophene rings is 1. The van der Waals surface area contributed by atoms with Crippen LogP contribution in [0.3, 0.4) is 0 Å². The van der Waals surface area contributed by atoms with E-state index in [0.717, 1.165) is 29.7 Å². The molecule has 1 amide bonds. The fourth-order valence-electron chi connectivity index (χ4n) is 3.30. The topological polar surface area (TPSA) is 92.7 Å². The number of carboxylic acid groups (broad SMARTS) is 1. The molecule has 2 N–H and O–H groups in total. The van der Waals surface area contributed by atoms with Crippen molar-refractivity contribution in [2.45, 2.75) is 33.1 Å². The van der Waals surface area contributed by atoms with Crippen LogP contribution in [0.25, 0.3) is 0 Å². The van der Waals surface area contributed by atoms with Crippen LogP contribution >= 0.6 is 11.3 Å². The molecule has 0 aliphatic heterocycles. The SMILES string of the molecule is CCOC(=O)c1c(NC(=O)c2ccccc2C(=O)O)sc2c1CC[C@H](C)C2. The second kappa shape index (κ2) is 7.92. The lowest BCUT2D eigenvalue weighted by Crippen LogP contribution is -2.18. The van der Waals surface area contributed by atoms with Crippen molar-refractivity contribution >= 4 is 34.2 Å². The summed E-state index contributed by atoms with van der Waals surface area (Å²) in [5, 5.41) is 12.5. The van der Waals surface area contributed by atoms with E-state index in [-0.39, 0.29) is 17.7 Å². The van der Waals surface area contributed by atoms with Gasteiger partial charge in [-0.05, 0) is 49.8 Å². The molecule has 27 heavy (non-hydrogen) atoms. The number of carboxylic acids is 1. The first-order valence-electron chi connectivity index (χ1n) is 8.87. The number of ether oxygens (including phenoxy) is 1. The zero-order chi connectivity index (χ0) is 19.6. The molecular weight excluding hydrogens is 366 g/mol. The fraction of sp³-hybridized carbons (Fsp3) is 0.350. The van der Waals surface area contributed by atoms with Gasteiger partial charge < -0.3 is 15.2 Å². The van der Waals surface area contributed by atoms with Crippen molar-refractivity contribution in [3.05, 3.63) is 51.4 Å². The zero-order valence-corrected chi connectivity index (χ0v) is 16.0. The van der Waals surface area contributed by atoms with E-state index in [1.807, 2.05) is 0 Å². The fourth-order valence-corrected chi connectivity index (χ4v) is 4.69. The largest absolute Gasteiger partial charge is 0.478 e. The summed E-state index contributed by atoms with van der Waals surface area (Å²) in [6.45, 7) is 4.14. The predicted octanol–water partition coefficient (Wildman–Crippen LogP) is 4.00. The molecule has 0 fully saturated rings. The number of esters is 1. The Morgan fingerprint density at radius 3 is 2.63 bits per heavy atom. The summed E-state index contributed by atoms with van der Waals surface area (Å²) in [4.78, 5) is 37.7. The normalized spacial score (nSPS) is 15.7. The van der Waals surface area contributed by atoms with Crippen LogP contribution < -0.4 is 5.32 Å². The van der Waals surface area contributed by atoms with Gasteiger partial charge in [0.25, 0.3) is 5.91 Å². The van der Waals surface area contributed by atoms with E-state index in [2.05, 4.69) is 12.2 Å². The van der Waals surface area contributed by atoms with Gasteiger partial charge in [-0.25, -0.2) is 9.59 Å². The summed E-state index contributed by atoms with van der Waals surface area (Å²) in [5.74, 6) is -1.66. The van der Waals surface area contributed by atoms with Crippen molar-refractivity contribution in [3.8, 4) is 0 Å². The van der Waals surface area contributed by atoms with Crippen LogP contribution in [0.1, 0.15) is 61.8 Å². The van der Waals surface area contributed by atoms with Crippen molar-refractivity contribution < 1.29 is 24.2 Å². The molecule has 1 aliphatic carbocycles. The number of rotatable bonds is 5. The van der Waals surface area contributed by atoms with E-state index < -0.39 is 17.8 Å². The molecule has 0 bridgehead atoms. The Hall–Kier alpha value is -2.67. The Kier molecular flexibility index (Phi) is 5.60. The summed E-state index contributed by atoms with van der Waals surface area (Å²) < 4.78 is 5.19. The van der Waals surface area contributed by atoms with Crippen molar-refractivity contribution in [3.63, 3.8) is 0 Å². The average molecular weight is 387 g/mol. The lowest BCUT2D eigenvalue weighted by Gasteiger charge is -2.18. The minimum Gasteiger partial charge on any atom is -0.478 e. The van der Waals surface area contributed by atoms with Gasteiger partial charge in [0.05, 0.1) is 23.3 Å². The smallest absolute Gasteiger partial charge is 0.341 e. The summed E-state index contributed by atoms with van der Waals surface area (Å²) in [6.07, 6.45) is 2.60. The molecule has 0 radical (unpaired) electrons. The molecule has 3 rings (SSSR count). The van der Waals surface area contributed by atoms with Gasteiger partial charge in [-0.3, -0.25) is 4.79 Å². The molecular formula is C20H21NO5S. The van der Waals surface area contributed by atoms with E-state index >= 15 is 0 Å². The lowest BCUT2D eigenvalue weighted by molar-refractivity contribution is 0.0526. The van der Waals surface area contributed by atoms with Crippen LogP contribution in [0.15, 0.2) is 24.3 Å². The van der Waals surface area contributed by atoms with Gasteiger partial charge in [0.1, 0.15) is 5.00 Å². The highest BCUT2D eigenvalue weighted by atomic mass is 32.1. The molecule has 7 heteroatoms. The van der Waals surface area contributed by atoms with Crippen LogP contribution in [-0.2, 0) is 17.6 Å². The van der Waals surface area contributed by atoms with E-state index in [4.69, 9.17) is 4.74 Å². The van der Waals surface area contributed by atoms with Gasteiger partial charge in [-0.2, -0.15) is 0 Å². The van der Waals surface area contributed by atoms with Gasteiger partial charge >= 0.3 is 11.9 Å². The van der Waals surface area contributed by atoms with Crippen LogP contribution in [0.4, 0.5) is 5.00 Å². The van der Waals surface area contributed by atoms with E-state index in [1.165, 1.54) is 23.5 Å². The number of amides is 1. The van der Waals surface area contributed by atoms with Crippen LogP contribution in [-0.4, -0.2) is 29.6 Å². The Balaban J connectivity index is 1.98. The molecule has 1 aromatic heterocycles. The summed E-state index contributed by atoms with van der Waals surface area (Å²) in [7, 11) is 0. The highest BCUT2D eigenvalue weighted by Gasteiger charge is 2.29. The van der Waals surface area contributed by atoms with Gasteiger partial charge in [-0.1, -0.05) is 19.1 Å². The molecule has 1 aliphatic rings. The Bertz CT molecular complexity index is 902. The number of nitrogens with one attached hydrogen (secondary N) is 1.